The van der Waals surface area contributed by atoms with E-state index in [0.29, 0.717) is 0 Å². The first-order chi connectivity index (χ1) is 12.7. The van der Waals surface area contributed by atoms with E-state index in [9.17, 15) is 23.6 Å². The van der Waals surface area contributed by atoms with Crippen LogP contribution in [0.3, 0.4) is 0 Å². The van der Waals surface area contributed by atoms with Crippen molar-refractivity contribution in [3.05, 3.63) is 52.2 Å². The third kappa shape index (κ3) is 4.63. The zero-order chi connectivity index (χ0) is 20.1. The van der Waals surface area contributed by atoms with Gasteiger partial charge >= 0.3 is 5.97 Å². The summed E-state index contributed by atoms with van der Waals surface area (Å²) in [5.74, 6) is -2.97. The van der Waals surface area contributed by atoms with Crippen molar-refractivity contribution in [1.82, 2.24) is 9.78 Å². The summed E-state index contributed by atoms with van der Waals surface area (Å²) in [5, 5.41) is 3.92. The molecule has 0 saturated heterocycles. The smallest absolute Gasteiger partial charge is 0.362 e. The number of benzene rings is 1. The molecule has 0 aliphatic carbocycles. The lowest BCUT2D eigenvalue weighted by Crippen LogP contribution is -2.34. The average Bonchev–Trinajstić information content (AvgIpc) is 2.60. The molecule has 2 rings (SSSR count). The lowest BCUT2D eigenvalue weighted by molar-refractivity contribution is -0.134. The Balaban J connectivity index is 2.59. The van der Waals surface area contributed by atoms with Crippen molar-refractivity contribution in [2.24, 2.45) is 0 Å². The molecule has 0 unspecified atom stereocenters. The summed E-state index contributed by atoms with van der Waals surface area (Å²) in [6.45, 7) is 3.88. The van der Waals surface area contributed by atoms with Gasteiger partial charge in [0.05, 0.1) is 18.4 Å². The van der Waals surface area contributed by atoms with Crippen LogP contribution in [0.15, 0.2) is 35.1 Å². The van der Waals surface area contributed by atoms with Gasteiger partial charge in [-0.15, -0.1) is 0 Å². The molecule has 0 amide bonds. The van der Waals surface area contributed by atoms with Crippen LogP contribution in [0.4, 0.5) is 4.39 Å². The fourth-order valence-electron chi connectivity index (χ4n) is 2.22. The second-order valence-corrected chi connectivity index (χ2v) is 5.52. The number of aromatic nitrogens is 2. The van der Waals surface area contributed by atoms with E-state index in [4.69, 9.17) is 9.47 Å². The van der Waals surface area contributed by atoms with Crippen LogP contribution in [0.2, 0.25) is 0 Å². The Morgan fingerprint density at radius 1 is 1.15 bits per heavy atom. The van der Waals surface area contributed by atoms with Crippen molar-refractivity contribution in [2.45, 2.75) is 26.9 Å². The second-order valence-electron chi connectivity index (χ2n) is 5.52. The van der Waals surface area contributed by atoms with Gasteiger partial charge in [-0.25, -0.2) is 9.18 Å². The molecule has 8 nitrogen and oxygen atoms in total. The van der Waals surface area contributed by atoms with E-state index in [-0.39, 0.29) is 18.0 Å². The normalized spacial score (nSPS) is 10.6. The number of hydrogen-bond acceptors (Lipinski definition) is 7. The third-order valence-corrected chi connectivity index (χ3v) is 3.42. The number of ether oxygens (including phenoxy) is 2. The van der Waals surface area contributed by atoms with Gasteiger partial charge < -0.3 is 9.47 Å². The Morgan fingerprint density at radius 3 is 2.26 bits per heavy atom. The van der Waals surface area contributed by atoms with Crippen LogP contribution in [-0.4, -0.2) is 40.0 Å². The molecule has 0 radical (unpaired) electrons. The fourth-order valence-corrected chi connectivity index (χ4v) is 2.22. The van der Waals surface area contributed by atoms with Gasteiger partial charge in [-0.05, 0) is 45.0 Å². The largest absolute Gasteiger partial charge is 0.472 e. The van der Waals surface area contributed by atoms with Crippen LogP contribution < -0.4 is 10.3 Å². The predicted octanol–water partition coefficient (Wildman–Crippen LogP) is 1.47. The summed E-state index contributed by atoms with van der Waals surface area (Å²) in [6.07, 6.45) is -1.49. The molecular formula is C18H17FN2O6. The molecule has 27 heavy (non-hydrogen) atoms. The molecule has 0 bridgehead atoms. The molecule has 0 aliphatic heterocycles. The van der Waals surface area contributed by atoms with Crippen molar-refractivity contribution in [3.8, 4) is 11.4 Å². The SMILES string of the molecule is CCOC(=O)c1nn(-c2ccc(F)cc2)c(=O)cc1OC(C(C)=O)C(C)=O. The first kappa shape index (κ1) is 20.0. The summed E-state index contributed by atoms with van der Waals surface area (Å²) in [5.41, 5.74) is -0.906. The number of halogens is 1. The molecule has 0 spiro atoms. The Bertz CT molecular complexity index is 922. The van der Waals surface area contributed by atoms with Crippen molar-refractivity contribution in [2.75, 3.05) is 6.61 Å². The van der Waals surface area contributed by atoms with Gasteiger partial charge in [0, 0.05) is 0 Å². The number of ketones is 2. The minimum Gasteiger partial charge on any atom is -0.472 e. The first-order valence-electron chi connectivity index (χ1n) is 7.99. The lowest BCUT2D eigenvalue weighted by Gasteiger charge is -2.16. The quantitative estimate of drug-likeness (QED) is 0.532. The van der Waals surface area contributed by atoms with Crippen LogP contribution in [-0.2, 0) is 14.3 Å². The molecule has 0 aliphatic rings. The monoisotopic (exact) mass is 376 g/mol. The van der Waals surface area contributed by atoms with Crippen molar-refractivity contribution in [1.29, 1.82) is 0 Å². The molecule has 1 heterocycles. The second kappa shape index (κ2) is 8.35. The molecule has 0 atom stereocenters. The Labute approximate surface area is 153 Å². The number of esters is 1. The molecular weight excluding hydrogens is 359 g/mol. The van der Waals surface area contributed by atoms with Gasteiger partial charge in [0.2, 0.25) is 11.8 Å². The Hall–Kier alpha value is -3.36. The molecule has 1 aromatic heterocycles. The average molecular weight is 376 g/mol. The predicted molar refractivity (Wildman–Crippen MR) is 91.5 cm³/mol. The van der Waals surface area contributed by atoms with Crippen molar-refractivity contribution >= 4 is 17.5 Å². The standard InChI is InChI=1S/C18H17FN2O6/c1-4-26-18(25)16-14(27-17(10(2)22)11(3)23)9-15(24)21(20-16)13-7-5-12(19)6-8-13/h5-9,17H,4H2,1-3H3. The third-order valence-electron chi connectivity index (χ3n) is 3.42. The summed E-state index contributed by atoms with van der Waals surface area (Å²) in [4.78, 5) is 47.8. The van der Waals surface area contributed by atoms with Gasteiger partial charge in [0.1, 0.15) is 5.82 Å². The van der Waals surface area contributed by atoms with Gasteiger partial charge in [0.15, 0.2) is 17.3 Å². The number of hydrogen-bond donors (Lipinski definition) is 0. The van der Waals surface area contributed by atoms with Crippen LogP contribution in [0, 0.1) is 5.82 Å². The minimum absolute atomic E-state index is 0.0263. The zero-order valence-electron chi connectivity index (χ0n) is 14.9. The topological polar surface area (TPSA) is 105 Å². The maximum Gasteiger partial charge on any atom is 0.362 e. The lowest BCUT2D eigenvalue weighted by atomic mass is 10.2. The molecule has 2 aromatic rings. The highest BCUT2D eigenvalue weighted by atomic mass is 19.1. The van der Waals surface area contributed by atoms with Crippen LogP contribution in [0.5, 0.6) is 5.75 Å². The minimum atomic E-state index is -1.49. The zero-order valence-corrected chi connectivity index (χ0v) is 14.9. The number of carbonyl (C=O) groups excluding carboxylic acids is 3. The highest BCUT2D eigenvalue weighted by Crippen LogP contribution is 2.18. The van der Waals surface area contributed by atoms with E-state index < -0.39 is 40.7 Å². The van der Waals surface area contributed by atoms with Crippen LogP contribution in [0.25, 0.3) is 5.69 Å². The highest BCUT2D eigenvalue weighted by Gasteiger charge is 2.27. The van der Waals surface area contributed by atoms with E-state index in [2.05, 4.69) is 5.10 Å². The van der Waals surface area contributed by atoms with Crippen molar-refractivity contribution in [3.63, 3.8) is 0 Å². The first-order valence-corrected chi connectivity index (χ1v) is 7.99. The molecule has 0 N–H and O–H groups in total. The Morgan fingerprint density at radius 2 is 1.74 bits per heavy atom. The summed E-state index contributed by atoms with van der Waals surface area (Å²) in [6, 6.07) is 5.76. The Kier molecular flexibility index (Phi) is 6.17. The number of nitrogens with zero attached hydrogens (tertiary/aromatic N) is 2. The summed E-state index contributed by atoms with van der Waals surface area (Å²) >= 11 is 0. The van der Waals surface area contributed by atoms with E-state index in [1.807, 2.05) is 0 Å². The number of carbonyl (C=O) groups is 3. The van der Waals surface area contributed by atoms with Crippen molar-refractivity contribution < 1.29 is 28.2 Å². The van der Waals surface area contributed by atoms with Gasteiger partial charge in [-0.1, -0.05) is 0 Å². The number of rotatable bonds is 7. The fraction of sp³-hybridized carbons (Fsp3) is 0.278. The van der Waals surface area contributed by atoms with Gasteiger partial charge in [-0.2, -0.15) is 9.78 Å². The molecule has 0 saturated carbocycles. The molecule has 1 aromatic carbocycles. The van der Waals surface area contributed by atoms with E-state index in [0.717, 1.165) is 36.7 Å². The van der Waals surface area contributed by atoms with E-state index in [1.54, 1.807) is 6.92 Å². The summed E-state index contributed by atoms with van der Waals surface area (Å²) < 4.78 is 24.1. The molecule has 142 valence electrons. The van der Waals surface area contributed by atoms with E-state index in [1.165, 1.54) is 12.1 Å². The maximum absolute atomic E-state index is 13.1. The van der Waals surface area contributed by atoms with Crippen LogP contribution >= 0.6 is 0 Å². The number of Topliss-reactive ketones (excluding diaryl/α,β-unsaturated/α-hetero) is 2. The van der Waals surface area contributed by atoms with Gasteiger partial charge in [-0.3, -0.25) is 14.4 Å². The van der Waals surface area contributed by atoms with Crippen LogP contribution in [0.1, 0.15) is 31.3 Å². The highest BCUT2D eigenvalue weighted by molar-refractivity contribution is 6.03. The van der Waals surface area contributed by atoms with Gasteiger partial charge in [0.25, 0.3) is 5.56 Å². The molecule has 9 heteroatoms. The van der Waals surface area contributed by atoms with E-state index >= 15 is 0 Å². The molecule has 0 fully saturated rings. The maximum atomic E-state index is 13.1. The summed E-state index contributed by atoms with van der Waals surface area (Å²) in [7, 11) is 0.